The molecule has 1 aliphatic carbocycles. The summed E-state index contributed by atoms with van der Waals surface area (Å²) < 4.78 is 3.54. The van der Waals surface area contributed by atoms with Crippen LogP contribution in [0.4, 0.5) is 5.82 Å². The number of anilines is 1. The highest BCUT2D eigenvalue weighted by atomic mass is 16.1. The molecular formula is C20H25N7O. The lowest BCUT2D eigenvalue weighted by atomic mass is 9.96. The van der Waals surface area contributed by atoms with E-state index in [-0.39, 0.29) is 5.56 Å². The molecule has 0 unspecified atom stereocenters. The fourth-order valence-electron chi connectivity index (χ4n) is 4.53. The van der Waals surface area contributed by atoms with E-state index in [1.807, 2.05) is 11.4 Å². The number of hydrogen-bond donors (Lipinski definition) is 0. The normalized spacial score (nSPS) is 17.4. The van der Waals surface area contributed by atoms with Crippen molar-refractivity contribution in [2.45, 2.75) is 52.5 Å². The molecule has 1 fully saturated rings. The van der Waals surface area contributed by atoms with Crippen LogP contribution in [0.3, 0.4) is 0 Å². The lowest BCUT2D eigenvalue weighted by Crippen LogP contribution is -2.38. The number of fused-ring (bicyclic) bond motifs is 2. The summed E-state index contributed by atoms with van der Waals surface area (Å²) in [4.78, 5) is 23.5. The largest absolute Gasteiger partial charge is 0.356 e. The van der Waals surface area contributed by atoms with E-state index in [0.29, 0.717) is 18.2 Å². The van der Waals surface area contributed by atoms with E-state index in [0.717, 1.165) is 73.5 Å². The summed E-state index contributed by atoms with van der Waals surface area (Å²) in [5, 5.41) is 9.02. The van der Waals surface area contributed by atoms with Gasteiger partial charge in [-0.15, -0.1) is 0 Å². The Balaban J connectivity index is 1.33. The standard InChI is InChI=1S/C20H25N7O/c1-13-14(2)23-20-21-12-22-27(20)19(13)25-8-6-15(7-9-25)11-26-18(28)10-16-4-3-5-17(16)24-26/h10,12,15H,3-9,11H2,1-2H3. The Bertz CT molecular complexity index is 1090. The molecule has 0 aromatic carbocycles. The molecule has 2 aliphatic rings. The Kier molecular flexibility index (Phi) is 4.14. The van der Waals surface area contributed by atoms with E-state index < -0.39 is 0 Å². The lowest BCUT2D eigenvalue weighted by molar-refractivity contribution is 0.332. The van der Waals surface area contributed by atoms with Crippen LogP contribution in [-0.4, -0.2) is 42.5 Å². The van der Waals surface area contributed by atoms with Crippen LogP contribution >= 0.6 is 0 Å². The molecule has 8 nitrogen and oxygen atoms in total. The van der Waals surface area contributed by atoms with E-state index in [1.54, 1.807) is 17.1 Å². The molecule has 3 aromatic heterocycles. The first kappa shape index (κ1) is 17.3. The van der Waals surface area contributed by atoms with Crippen molar-refractivity contribution in [3.05, 3.63) is 45.3 Å². The van der Waals surface area contributed by atoms with Crippen LogP contribution in [-0.2, 0) is 19.4 Å². The molecule has 4 heterocycles. The van der Waals surface area contributed by atoms with Crippen molar-refractivity contribution in [1.29, 1.82) is 0 Å². The maximum atomic E-state index is 12.4. The molecule has 28 heavy (non-hydrogen) atoms. The van der Waals surface area contributed by atoms with E-state index in [2.05, 4.69) is 32.0 Å². The van der Waals surface area contributed by atoms with Crippen LogP contribution in [0.5, 0.6) is 0 Å². The predicted molar refractivity (Wildman–Crippen MR) is 106 cm³/mol. The van der Waals surface area contributed by atoms with Crippen LogP contribution in [0.2, 0.25) is 0 Å². The summed E-state index contributed by atoms with van der Waals surface area (Å²) in [6, 6.07) is 1.80. The number of aromatic nitrogens is 6. The fraction of sp³-hybridized carbons (Fsp3) is 0.550. The van der Waals surface area contributed by atoms with Crippen molar-refractivity contribution >= 4 is 11.6 Å². The van der Waals surface area contributed by atoms with Gasteiger partial charge in [0.05, 0.1) is 5.69 Å². The molecule has 1 saturated heterocycles. The zero-order chi connectivity index (χ0) is 19.3. The highest BCUT2D eigenvalue weighted by molar-refractivity contribution is 5.54. The van der Waals surface area contributed by atoms with Crippen molar-refractivity contribution in [2.75, 3.05) is 18.0 Å². The first-order valence-corrected chi connectivity index (χ1v) is 10.1. The van der Waals surface area contributed by atoms with Gasteiger partial charge in [-0.3, -0.25) is 4.79 Å². The second-order valence-electron chi connectivity index (χ2n) is 8.04. The second-order valence-corrected chi connectivity index (χ2v) is 8.04. The van der Waals surface area contributed by atoms with Crippen molar-refractivity contribution in [1.82, 2.24) is 29.4 Å². The Hall–Kier alpha value is -2.77. The highest BCUT2D eigenvalue weighted by Gasteiger charge is 2.25. The third kappa shape index (κ3) is 2.87. The molecule has 0 N–H and O–H groups in total. The summed E-state index contributed by atoms with van der Waals surface area (Å²) in [5.41, 5.74) is 4.46. The first-order valence-electron chi connectivity index (χ1n) is 10.1. The van der Waals surface area contributed by atoms with Crippen molar-refractivity contribution in [3.8, 4) is 0 Å². The Morgan fingerprint density at radius 3 is 2.82 bits per heavy atom. The Morgan fingerprint density at radius 2 is 2.00 bits per heavy atom. The van der Waals surface area contributed by atoms with Gasteiger partial charge >= 0.3 is 0 Å². The molecular weight excluding hydrogens is 354 g/mol. The van der Waals surface area contributed by atoms with Gasteiger partial charge in [0.1, 0.15) is 12.1 Å². The molecule has 3 aromatic rings. The Labute approximate surface area is 163 Å². The van der Waals surface area contributed by atoms with Gasteiger partial charge in [-0.1, -0.05) is 0 Å². The van der Waals surface area contributed by atoms with E-state index in [9.17, 15) is 4.79 Å². The van der Waals surface area contributed by atoms with Crippen molar-refractivity contribution < 1.29 is 0 Å². The van der Waals surface area contributed by atoms with Gasteiger partial charge in [-0.05, 0) is 57.4 Å². The summed E-state index contributed by atoms with van der Waals surface area (Å²) in [5.74, 6) is 2.20. The second kappa shape index (κ2) is 6.68. The number of piperidine rings is 1. The monoisotopic (exact) mass is 379 g/mol. The summed E-state index contributed by atoms with van der Waals surface area (Å²) in [7, 11) is 0. The smallest absolute Gasteiger partial charge is 0.267 e. The molecule has 0 amide bonds. The lowest BCUT2D eigenvalue weighted by Gasteiger charge is -2.34. The van der Waals surface area contributed by atoms with Crippen molar-refractivity contribution in [3.63, 3.8) is 0 Å². The van der Waals surface area contributed by atoms with Crippen LogP contribution in [0.25, 0.3) is 5.78 Å². The minimum absolute atomic E-state index is 0.0491. The molecule has 8 heteroatoms. The zero-order valence-corrected chi connectivity index (χ0v) is 16.4. The summed E-state index contributed by atoms with van der Waals surface area (Å²) in [6.07, 6.45) is 6.74. The molecule has 0 atom stereocenters. The molecule has 0 spiro atoms. The van der Waals surface area contributed by atoms with Crippen LogP contribution in [0.1, 0.15) is 41.8 Å². The molecule has 0 bridgehead atoms. The topological polar surface area (TPSA) is 81.2 Å². The van der Waals surface area contributed by atoms with Gasteiger partial charge in [0, 0.05) is 37.0 Å². The molecule has 1 aliphatic heterocycles. The quantitative estimate of drug-likeness (QED) is 0.689. The van der Waals surface area contributed by atoms with E-state index >= 15 is 0 Å². The first-order chi connectivity index (χ1) is 13.6. The van der Waals surface area contributed by atoms with E-state index in [1.165, 1.54) is 0 Å². The summed E-state index contributed by atoms with van der Waals surface area (Å²) >= 11 is 0. The van der Waals surface area contributed by atoms with Gasteiger partial charge in [0.2, 0.25) is 0 Å². The van der Waals surface area contributed by atoms with Crippen molar-refractivity contribution in [2.24, 2.45) is 5.92 Å². The molecule has 0 radical (unpaired) electrons. The molecule has 146 valence electrons. The third-order valence-electron chi connectivity index (χ3n) is 6.25. The highest BCUT2D eigenvalue weighted by Crippen LogP contribution is 2.28. The Morgan fingerprint density at radius 1 is 1.18 bits per heavy atom. The maximum Gasteiger partial charge on any atom is 0.267 e. The van der Waals surface area contributed by atoms with Crippen LogP contribution < -0.4 is 10.5 Å². The molecule has 0 saturated carbocycles. The van der Waals surface area contributed by atoms with Crippen LogP contribution in [0, 0.1) is 19.8 Å². The van der Waals surface area contributed by atoms with Crippen LogP contribution in [0.15, 0.2) is 17.2 Å². The third-order valence-corrected chi connectivity index (χ3v) is 6.25. The predicted octanol–water partition coefficient (Wildman–Crippen LogP) is 1.70. The number of rotatable bonds is 3. The maximum absolute atomic E-state index is 12.4. The SMILES string of the molecule is Cc1nc2ncnn2c(N2CCC(Cn3nc4c(cc3=O)CCC4)CC2)c1C. The van der Waals surface area contributed by atoms with Gasteiger partial charge < -0.3 is 4.90 Å². The van der Waals surface area contributed by atoms with Gasteiger partial charge in [0.15, 0.2) is 0 Å². The fourth-order valence-corrected chi connectivity index (χ4v) is 4.53. The van der Waals surface area contributed by atoms with Gasteiger partial charge in [-0.25, -0.2) is 9.67 Å². The number of nitrogens with zero attached hydrogens (tertiary/aromatic N) is 7. The number of aryl methyl sites for hydroxylation is 3. The van der Waals surface area contributed by atoms with Gasteiger partial charge in [-0.2, -0.15) is 19.7 Å². The minimum atomic E-state index is 0.0491. The van der Waals surface area contributed by atoms with E-state index in [4.69, 9.17) is 0 Å². The molecule has 5 rings (SSSR count). The minimum Gasteiger partial charge on any atom is -0.356 e. The average Bonchev–Trinajstić information content (AvgIpc) is 3.33. The average molecular weight is 379 g/mol. The number of hydrogen-bond acceptors (Lipinski definition) is 6. The summed E-state index contributed by atoms with van der Waals surface area (Å²) in [6.45, 7) is 6.70. The zero-order valence-electron chi connectivity index (χ0n) is 16.4. The van der Waals surface area contributed by atoms with Gasteiger partial charge in [0.25, 0.3) is 11.3 Å².